The number of halogens is 1. The van der Waals surface area contributed by atoms with Gasteiger partial charge in [0.1, 0.15) is 11.0 Å². The molecule has 0 aliphatic rings. The summed E-state index contributed by atoms with van der Waals surface area (Å²) in [6.45, 7) is 1.24. The molecule has 2 N–H and O–H groups in total. The van der Waals surface area contributed by atoms with E-state index in [1.54, 1.807) is 30.3 Å². The Labute approximate surface area is 170 Å². The second-order valence-corrected chi connectivity index (χ2v) is 9.77. The zero-order valence-corrected chi connectivity index (χ0v) is 17.1. The number of para-hydroxylation sites is 1. The van der Waals surface area contributed by atoms with Crippen LogP contribution in [0.25, 0.3) is 10.2 Å². The molecule has 0 aliphatic heterocycles. The second-order valence-electron chi connectivity index (χ2n) is 5.98. The molecule has 1 unspecified atom stereocenters. The van der Waals surface area contributed by atoms with E-state index >= 15 is 0 Å². The number of aromatic nitrogens is 1. The molecular weight excluding hydrogens is 422 g/mol. The Morgan fingerprint density at radius 3 is 2.46 bits per heavy atom. The Morgan fingerprint density at radius 2 is 1.79 bits per heavy atom. The monoisotopic (exact) mass is 437 g/mol. The van der Waals surface area contributed by atoms with Crippen LogP contribution in [0.1, 0.15) is 6.92 Å². The number of carbonyl (C=O) groups is 2. The molecule has 0 saturated carbocycles. The summed E-state index contributed by atoms with van der Waals surface area (Å²) >= 11 is 7.01. The van der Waals surface area contributed by atoms with Gasteiger partial charge in [-0.2, -0.15) is 0 Å². The smallest absolute Gasteiger partial charge is 0.244 e. The summed E-state index contributed by atoms with van der Waals surface area (Å²) in [5, 5.41) is 4.37. The Kier molecular flexibility index (Phi) is 5.97. The third-order valence-electron chi connectivity index (χ3n) is 3.89. The van der Waals surface area contributed by atoms with Crippen molar-refractivity contribution in [3.05, 3.63) is 53.6 Å². The molecule has 7 nitrogen and oxygen atoms in total. The van der Waals surface area contributed by atoms with Crippen LogP contribution in [0.4, 0.5) is 10.8 Å². The maximum absolute atomic E-state index is 12.4. The number of carbonyl (C=O) groups excluding carboxylic acids is 2. The molecule has 0 saturated heterocycles. The average molecular weight is 438 g/mol. The third kappa shape index (κ3) is 4.86. The van der Waals surface area contributed by atoms with E-state index in [1.165, 1.54) is 18.3 Å². The van der Waals surface area contributed by atoms with Crippen LogP contribution in [0.5, 0.6) is 0 Å². The molecule has 28 heavy (non-hydrogen) atoms. The molecule has 3 aromatic rings. The van der Waals surface area contributed by atoms with E-state index in [4.69, 9.17) is 11.6 Å². The molecule has 0 bridgehead atoms. The van der Waals surface area contributed by atoms with Gasteiger partial charge >= 0.3 is 0 Å². The van der Waals surface area contributed by atoms with Gasteiger partial charge in [-0.1, -0.05) is 35.1 Å². The van der Waals surface area contributed by atoms with Crippen molar-refractivity contribution < 1.29 is 18.0 Å². The molecule has 2 amide bonds. The van der Waals surface area contributed by atoms with E-state index in [1.807, 2.05) is 18.2 Å². The number of hydrogen-bond donors (Lipinski definition) is 2. The van der Waals surface area contributed by atoms with E-state index in [0.29, 0.717) is 21.4 Å². The van der Waals surface area contributed by atoms with Gasteiger partial charge in [0.2, 0.25) is 11.8 Å². The number of benzene rings is 2. The second kappa shape index (κ2) is 8.26. The first kappa shape index (κ1) is 20.2. The number of nitrogens with one attached hydrogen (secondary N) is 2. The van der Waals surface area contributed by atoms with E-state index < -0.39 is 32.7 Å². The SMILES string of the molecule is CC(C(=O)Nc1nc2ccccc2s1)S(=O)(=O)CC(=O)Nc1ccc(Cl)cc1. The quantitative estimate of drug-likeness (QED) is 0.615. The fraction of sp³-hybridized carbons (Fsp3) is 0.167. The lowest BCUT2D eigenvalue weighted by Crippen LogP contribution is -2.37. The Hall–Kier alpha value is -2.49. The number of anilines is 2. The highest BCUT2D eigenvalue weighted by Crippen LogP contribution is 2.25. The summed E-state index contributed by atoms with van der Waals surface area (Å²) in [6.07, 6.45) is 0. The Bertz CT molecular complexity index is 1090. The highest BCUT2D eigenvalue weighted by Gasteiger charge is 2.31. The molecule has 1 aromatic heterocycles. The number of fused-ring (bicyclic) bond motifs is 1. The first-order valence-electron chi connectivity index (χ1n) is 8.18. The number of thiazole rings is 1. The van der Waals surface area contributed by atoms with Gasteiger partial charge in [0.15, 0.2) is 15.0 Å². The van der Waals surface area contributed by atoms with Crippen LogP contribution in [0.2, 0.25) is 5.02 Å². The highest BCUT2D eigenvalue weighted by atomic mass is 35.5. The zero-order valence-electron chi connectivity index (χ0n) is 14.7. The summed E-state index contributed by atoms with van der Waals surface area (Å²) in [5.41, 5.74) is 1.12. The lowest BCUT2D eigenvalue weighted by molar-refractivity contribution is -0.115. The first-order valence-corrected chi connectivity index (χ1v) is 11.1. The normalized spacial score (nSPS) is 12.5. The van der Waals surface area contributed by atoms with E-state index in [-0.39, 0.29) is 0 Å². The standard InChI is InChI=1S/C18H16ClN3O4S2/c1-11(17(24)22-18-21-14-4-2-3-5-15(14)27-18)28(25,26)10-16(23)20-13-8-6-12(19)7-9-13/h2-9,11H,10H2,1H3,(H,20,23)(H,21,22,24). The van der Waals surface area contributed by atoms with Crippen LogP contribution in [-0.4, -0.2) is 36.2 Å². The zero-order chi connectivity index (χ0) is 20.3. The van der Waals surface area contributed by atoms with Gasteiger partial charge in [-0.25, -0.2) is 13.4 Å². The van der Waals surface area contributed by atoms with Crippen LogP contribution in [0, 0.1) is 0 Å². The van der Waals surface area contributed by atoms with Gasteiger partial charge in [0, 0.05) is 10.7 Å². The largest absolute Gasteiger partial charge is 0.325 e. The molecule has 0 aliphatic carbocycles. The van der Waals surface area contributed by atoms with Crippen molar-refractivity contribution >= 4 is 65.6 Å². The van der Waals surface area contributed by atoms with Gasteiger partial charge in [0.05, 0.1) is 10.2 Å². The number of rotatable bonds is 6. The summed E-state index contributed by atoms with van der Waals surface area (Å²) in [7, 11) is -4.01. The van der Waals surface area contributed by atoms with Gasteiger partial charge < -0.3 is 10.6 Å². The van der Waals surface area contributed by atoms with E-state index in [0.717, 1.165) is 4.70 Å². The van der Waals surface area contributed by atoms with E-state index in [2.05, 4.69) is 15.6 Å². The minimum absolute atomic E-state index is 0.305. The lowest BCUT2D eigenvalue weighted by atomic mass is 10.3. The summed E-state index contributed by atoms with van der Waals surface area (Å²) in [4.78, 5) is 28.6. The minimum Gasteiger partial charge on any atom is -0.325 e. The van der Waals surface area contributed by atoms with Crippen molar-refractivity contribution in [2.75, 3.05) is 16.4 Å². The number of amides is 2. The maximum atomic E-state index is 12.4. The molecule has 3 rings (SSSR count). The fourth-order valence-corrected chi connectivity index (χ4v) is 4.40. The van der Waals surface area contributed by atoms with Crippen LogP contribution < -0.4 is 10.6 Å². The van der Waals surface area contributed by atoms with Crippen molar-refractivity contribution in [3.63, 3.8) is 0 Å². The molecule has 10 heteroatoms. The molecule has 1 heterocycles. The molecular formula is C18H16ClN3O4S2. The molecule has 0 spiro atoms. The molecule has 146 valence electrons. The Balaban J connectivity index is 1.63. The van der Waals surface area contributed by atoms with Gasteiger partial charge in [-0.15, -0.1) is 0 Å². The van der Waals surface area contributed by atoms with Crippen molar-refractivity contribution in [1.82, 2.24) is 4.98 Å². The number of sulfone groups is 1. The van der Waals surface area contributed by atoms with Crippen molar-refractivity contribution in [1.29, 1.82) is 0 Å². The van der Waals surface area contributed by atoms with Crippen molar-refractivity contribution in [2.45, 2.75) is 12.2 Å². The van der Waals surface area contributed by atoms with Crippen molar-refractivity contribution in [2.24, 2.45) is 0 Å². The minimum atomic E-state index is -4.01. The van der Waals surface area contributed by atoms with Crippen LogP contribution in [0.15, 0.2) is 48.5 Å². The van der Waals surface area contributed by atoms with Crippen LogP contribution >= 0.6 is 22.9 Å². The fourth-order valence-electron chi connectivity index (χ4n) is 2.33. The highest BCUT2D eigenvalue weighted by molar-refractivity contribution is 7.93. The summed E-state index contributed by atoms with van der Waals surface area (Å²) in [5.74, 6) is -2.29. The molecule has 0 fully saturated rings. The third-order valence-corrected chi connectivity index (χ3v) is 7.05. The predicted molar refractivity (Wildman–Crippen MR) is 112 cm³/mol. The van der Waals surface area contributed by atoms with Gasteiger partial charge in [0.25, 0.3) is 0 Å². The number of hydrogen-bond acceptors (Lipinski definition) is 6. The molecule has 2 aromatic carbocycles. The van der Waals surface area contributed by atoms with Gasteiger partial charge in [-0.05, 0) is 43.3 Å². The van der Waals surface area contributed by atoms with Crippen LogP contribution in [-0.2, 0) is 19.4 Å². The average Bonchev–Trinajstić information content (AvgIpc) is 3.04. The topological polar surface area (TPSA) is 105 Å². The first-order chi connectivity index (χ1) is 13.2. The lowest BCUT2D eigenvalue weighted by Gasteiger charge is -2.12. The van der Waals surface area contributed by atoms with E-state index in [9.17, 15) is 18.0 Å². The van der Waals surface area contributed by atoms with Crippen LogP contribution in [0.3, 0.4) is 0 Å². The van der Waals surface area contributed by atoms with Crippen molar-refractivity contribution in [3.8, 4) is 0 Å². The van der Waals surface area contributed by atoms with Gasteiger partial charge in [-0.3, -0.25) is 9.59 Å². The number of nitrogens with zero attached hydrogens (tertiary/aromatic N) is 1. The maximum Gasteiger partial charge on any atom is 0.244 e. The predicted octanol–water partition coefficient (Wildman–Crippen LogP) is 3.33. The summed E-state index contributed by atoms with van der Waals surface area (Å²) < 4.78 is 25.7. The molecule has 1 atom stereocenters. The summed E-state index contributed by atoms with van der Waals surface area (Å²) in [6, 6.07) is 13.6. The Morgan fingerprint density at radius 1 is 1.11 bits per heavy atom. The molecule has 0 radical (unpaired) electrons.